The number of hydrogen-bond acceptors (Lipinski definition) is 0. The molecule has 0 fully saturated rings. The van der Waals surface area contributed by atoms with Crippen LogP contribution in [0.2, 0.25) is 0 Å². The van der Waals surface area contributed by atoms with Crippen LogP contribution < -0.4 is 10.4 Å². The summed E-state index contributed by atoms with van der Waals surface area (Å²) in [6.07, 6.45) is 14.5. The van der Waals surface area contributed by atoms with E-state index in [1.54, 1.807) is 0 Å². The Kier molecular flexibility index (Phi) is 6.52. The van der Waals surface area contributed by atoms with Gasteiger partial charge in [0.1, 0.15) is 0 Å². The molecule has 0 aliphatic heterocycles. The molecule has 7 aromatic rings. The SMILES string of the molecule is CC1C=c2ccccc2=CC1C1=C2C=CC=CC2(C)C(c2c3ccccc3c(-c3cccc4ccccc34)c3ccccc23)c2ccccc21. The fourth-order valence-electron chi connectivity index (χ4n) is 9.68. The Labute approximate surface area is 293 Å². The van der Waals surface area contributed by atoms with Crippen molar-refractivity contribution in [2.75, 3.05) is 0 Å². The molecule has 10 rings (SSSR count). The first-order chi connectivity index (χ1) is 24.6. The van der Waals surface area contributed by atoms with Crippen LogP contribution in [0.3, 0.4) is 0 Å². The smallest absolute Gasteiger partial charge is 0.0237 e. The lowest BCUT2D eigenvalue weighted by molar-refractivity contribution is 0.446. The molecule has 0 nitrogen and oxygen atoms in total. The van der Waals surface area contributed by atoms with Crippen LogP contribution in [0, 0.1) is 17.3 Å². The van der Waals surface area contributed by atoms with E-state index in [4.69, 9.17) is 0 Å². The van der Waals surface area contributed by atoms with Gasteiger partial charge in [-0.1, -0.05) is 190 Å². The number of hydrogen-bond donors (Lipinski definition) is 0. The van der Waals surface area contributed by atoms with Crippen molar-refractivity contribution >= 4 is 50.0 Å². The fraction of sp³-hybridized carbons (Fsp3) is 0.120. The summed E-state index contributed by atoms with van der Waals surface area (Å²) in [5.74, 6) is 0.770. The van der Waals surface area contributed by atoms with Crippen LogP contribution in [0.4, 0.5) is 0 Å². The second-order valence-electron chi connectivity index (χ2n) is 14.6. The monoisotopic (exact) mass is 638 g/mol. The van der Waals surface area contributed by atoms with Crippen LogP contribution in [-0.4, -0.2) is 0 Å². The Balaban J connectivity index is 1.30. The minimum atomic E-state index is -0.254. The van der Waals surface area contributed by atoms with E-state index in [2.05, 4.69) is 190 Å². The number of benzene rings is 7. The standard InChI is InChI=1S/C50H38/c1-32-30-34-17-3-4-18-35(34)31-44(32)47-42-25-11-12-26-43(42)49(50(2)29-14-13-28-45(47)50)48-40-23-9-7-21-38(40)46(39-22-8-10-24-41(39)48)37-27-15-19-33-16-5-6-20-36(33)37/h3-32,44,49H,1-2H3. The molecule has 0 saturated carbocycles. The fourth-order valence-corrected chi connectivity index (χ4v) is 9.68. The molecule has 4 atom stereocenters. The Morgan fingerprint density at radius 3 is 1.86 bits per heavy atom. The van der Waals surface area contributed by atoms with Gasteiger partial charge < -0.3 is 0 Å². The van der Waals surface area contributed by atoms with Gasteiger partial charge in [-0.2, -0.15) is 0 Å². The number of fused-ring (bicyclic) bond motifs is 6. The van der Waals surface area contributed by atoms with E-state index in [0.717, 1.165) is 0 Å². The van der Waals surface area contributed by atoms with E-state index in [-0.39, 0.29) is 17.3 Å². The van der Waals surface area contributed by atoms with Crippen molar-refractivity contribution in [3.8, 4) is 11.1 Å². The molecule has 3 aliphatic rings. The van der Waals surface area contributed by atoms with Crippen molar-refractivity contribution < 1.29 is 0 Å². The molecule has 0 N–H and O–H groups in total. The highest BCUT2D eigenvalue weighted by Gasteiger charge is 2.46. The summed E-state index contributed by atoms with van der Waals surface area (Å²) >= 11 is 0. The molecular weight excluding hydrogens is 601 g/mol. The summed E-state index contributed by atoms with van der Waals surface area (Å²) < 4.78 is 0. The minimum Gasteiger partial charge on any atom is -0.0733 e. The molecular formula is C50H38. The lowest BCUT2D eigenvalue weighted by Crippen LogP contribution is -2.37. The van der Waals surface area contributed by atoms with Gasteiger partial charge in [-0.3, -0.25) is 0 Å². The van der Waals surface area contributed by atoms with E-state index in [1.165, 1.54) is 81.7 Å². The van der Waals surface area contributed by atoms with Crippen LogP contribution >= 0.6 is 0 Å². The third-order valence-corrected chi connectivity index (χ3v) is 11.9. The summed E-state index contributed by atoms with van der Waals surface area (Å²) in [6.45, 7) is 4.89. The summed E-state index contributed by atoms with van der Waals surface area (Å²) in [5, 5.41) is 10.5. The molecule has 238 valence electrons. The highest BCUT2D eigenvalue weighted by molar-refractivity contribution is 6.19. The predicted molar refractivity (Wildman–Crippen MR) is 213 cm³/mol. The average Bonchev–Trinajstić information content (AvgIpc) is 3.16. The van der Waals surface area contributed by atoms with Gasteiger partial charge in [-0.25, -0.2) is 0 Å². The van der Waals surface area contributed by atoms with Gasteiger partial charge >= 0.3 is 0 Å². The van der Waals surface area contributed by atoms with Gasteiger partial charge in [0.2, 0.25) is 0 Å². The lowest BCUT2D eigenvalue weighted by Gasteiger charge is -2.47. The Morgan fingerprint density at radius 2 is 1.10 bits per heavy atom. The van der Waals surface area contributed by atoms with Crippen LogP contribution in [0.15, 0.2) is 169 Å². The second kappa shape index (κ2) is 11.2. The van der Waals surface area contributed by atoms with Gasteiger partial charge in [0, 0.05) is 17.3 Å². The van der Waals surface area contributed by atoms with E-state index in [0.29, 0.717) is 5.92 Å². The highest BCUT2D eigenvalue weighted by atomic mass is 14.5. The normalized spacial score (nSPS) is 22.2. The van der Waals surface area contributed by atoms with E-state index in [9.17, 15) is 0 Å². The molecule has 0 bridgehead atoms. The number of rotatable bonds is 3. The van der Waals surface area contributed by atoms with Crippen LogP contribution in [-0.2, 0) is 0 Å². The molecule has 0 aromatic heterocycles. The topological polar surface area (TPSA) is 0 Å². The average molecular weight is 639 g/mol. The van der Waals surface area contributed by atoms with Gasteiger partial charge in [0.25, 0.3) is 0 Å². The molecule has 3 aliphatic carbocycles. The summed E-state index contributed by atoms with van der Waals surface area (Å²) in [5.41, 5.74) is 9.49. The van der Waals surface area contributed by atoms with Crippen molar-refractivity contribution in [3.63, 3.8) is 0 Å². The maximum absolute atomic E-state index is 2.54. The van der Waals surface area contributed by atoms with Crippen LogP contribution in [0.1, 0.15) is 36.5 Å². The van der Waals surface area contributed by atoms with Gasteiger partial charge in [-0.05, 0) is 87.6 Å². The van der Waals surface area contributed by atoms with Gasteiger partial charge in [0.05, 0.1) is 0 Å². The Bertz CT molecular complexity index is 2690. The second-order valence-corrected chi connectivity index (χ2v) is 14.6. The molecule has 0 heterocycles. The molecule has 0 heteroatoms. The van der Waals surface area contributed by atoms with Gasteiger partial charge in [0.15, 0.2) is 0 Å². The quantitative estimate of drug-likeness (QED) is 0.169. The molecule has 4 unspecified atom stereocenters. The van der Waals surface area contributed by atoms with Crippen LogP contribution in [0.25, 0.3) is 61.2 Å². The first-order valence-electron chi connectivity index (χ1n) is 18.0. The van der Waals surface area contributed by atoms with E-state index in [1.807, 2.05) is 0 Å². The lowest BCUT2D eigenvalue weighted by atomic mass is 9.56. The molecule has 0 saturated heterocycles. The first-order valence-corrected chi connectivity index (χ1v) is 18.0. The van der Waals surface area contributed by atoms with Crippen molar-refractivity contribution in [1.82, 2.24) is 0 Å². The summed E-state index contributed by atoms with van der Waals surface area (Å²) in [6, 6.07) is 52.1. The highest BCUT2D eigenvalue weighted by Crippen LogP contribution is 2.60. The van der Waals surface area contributed by atoms with Gasteiger partial charge in [-0.15, -0.1) is 0 Å². The predicted octanol–water partition coefficient (Wildman–Crippen LogP) is 11.4. The van der Waals surface area contributed by atoms with Crippen molar-refractivity contribution in [1.29, 1.82) is 0 Å². The summed E-state index contributed by atoms with van der Waals surface area (Å²) in [7, 11) is 0. The van der Waals surface area contributed by atoms with E-state index < -0.39 is 0 Å². The maximum atomic E-state index is 2.54. The first kappa shape index (κ1) is 29.2. The molecule has 50 heavy (non-hydrogen) atoms. The van der Waals surface area contributed by atoms with Crippen molar-refractivity contribution in [2.24, 2.45) is 17.3 Å². The Hall–Kier alpha value is -5.72. The summed E-state index contributed by atoms with van der Waals surface area (Å²) in [4.78, 5) is 0. The zero-order valence-electron chi connectivity index (χ0n) is 28.5. The van der Waals surface area contributed by atoms with E-state index >= 15 is 0 Å². The number of allylic oxidation sites excluding steroid dienone is 6. The third-order valence-electron chi connectivity index (χ3n) is 11.9. The molecule has 7 aromatic carbocycles. The van der Waals surface area contributed by atoms with Crippen molar-refractivity contribution in [2.45, 2.75) is 19.8 Å². The van der Waals surface area contributed by atoms with Crippen LogP contribution in [0.5, 0.6) is 0 Å². The minimum absolute atomic E-state index is 0.116. The zero-order valence-corrected chi connectivity index (χ0v) is 28.5. The largest absolute Gasteiger partial charge is 0.0733 e. The van der Waals surface area contributed by atoms with Crippen molar-refractivity contribution in [3.05, 3.63) is 197 Å². The third kappa shape index (κ3) is 4.18. The molecule has 0 amide bonds. The Morgan fingerprint density at radius 1 is 0.520 bits per heavy atom. The maximum Gasteiger partial charge on any atom is 0.0237 e. The molecule has 0 spiro atoms. The molecule has 0 radical (unpaired) electrons. The zero-order chi connectivity index (χ0) is 33.4.